The van der Waals surface area contributed by atoms with Crippen LogP contribution in [0, 0.1) is 0 Å². The van der Waals surface area contributed by atoms with Crippen molar-refractivity contribution in [3.63, 3.8) is 0 Å². The van der Waals surface area contributed by atoms with Gasteiger partial charge >= 0.3 is 6.28 Å². The molecule has 0 radical (unpaired) electrons. The summed E-state index contributed by atoms with van der Waals surface area (Å²) in [7, 11) is 0. The third-order valence-electron chi connectivity index (χ3n) is 5.78. The van der Waals surface area contributed by atoms with Crippen LogP contribution in [-0.4, -0.2) is 22.0 Å². The van der Waals surface area contributed by atoms with Crippen molar-refractivity contribution in [3.8, 4) is 0 Å². The van der Waals surface area contributed by atoms with Crippen molar-refractivity contribution < 1.29 is 4.49 Å². The molecule has 0 aromatic heterocycles. The summed E-state index contributed by atoms with van der Waals surface area (Å²) in [5.41, 5.74) is 5.36. The first-order chi connectivity index (χ1) is 13.4. The number of allylic oxidation sites excluding steroid dienone is 1. The first-order valence-corrected chi connectivity index (χ1v) is 10.9. The van der Waals surface area contributed by atoms with Crippen LogP contribution in [0.5, 0.6) is 0 Å². The smallest absolute Gasteiger partial charge is 0.321 e. The van der Waals surface area contributed by atoms with E-state index in [0.29, 0.717) is 0 Å². The molecule has 1 aliphatic heterocycles. The minimum atomic E-state index is -0.895. The quantitative estimate of drug-likeness (QED) is 0.554. The van der Waals surface area contributed by atoms with Crippen LogP contribution in [0.1, 0.15) is 53.0 Å². The second-order valence-electron chi connectivity index (χ2n) is 9.20. The van der Waals surface area contributed by atoms with E-state index in [2.05, 4.69) is 111 Å². The highest BCUT2D eigenvalue weighted by Crippen LogP contribution is 2.38. The lowest BCUT2D eigenvalue weighted by Crippen LogP contribution is -2.53. The molecule has 0 fully saturated rings. The number of para-hydroxylation sites is 1. The Morgan fingerprint density at radius 2 is 1.36 bits per heavy atom. The van der Waals surface area contributed by atoms with E-state index < -0.39 is 6.28 Å². The maximum absolute atomic E-state index is 3.90. The van der Waals surface area contributed by atoms with Crippen LogP contribution in [0.25, 0.3) is 0 Å². The maximum Gasteiger partial charge on any atom is 0.321 e. The Hall–Kier alpha value is -2.29. The van der Waals surface area contributed by atoms with Gasteiger partial charge in [-0.3, -0.25) is 0 Å². The molecule has 0 unspecified atom stereocenters. The summed E-state index contributed by atoms with van der Waals surface area (Å²) in [6.07, 6.45) is 6.26. The predicted octanol–water partition coefficient (Wildman–Crippen LogP) is 6.41. The van der Waals surface area contributed by atoms with E-state index in [1.165, 1.54) is 48.0 Å². The average molecular weight is 374 g/mol. The predicted molar refractivity (Wildman–Crippen MR) is 124 cm³/mol. The van der Waals surface area contributed by atoms with Crippen molar-refractivity contribution in [1.82, 2.24) is 5.32 Å². The van der Waals surface area contributed by atoms with Gasteiger partial charge in [-0.25, -0.2) is 0 Å². The molecule has 0 atom stereocenters. The SMILES string of the molecule is CCC[B-]1(CCC)C(NC(C)(C)C)=CC(c2ccccc2)=[N+]1c1ccccc1. The summed E-state index contributed by atoms with van der Waals surface area (Å²) in [6.45, 7) is 11.4. The second kappa shape index (κ2) is 8.38. The molecule has 2 aromatic carbocycles. The van der Waals surface area contributed by atoms with Gasteiger partial charge < -0.3 is 9.80 Å². The summed E-state index contributed by atoms with van der Waals surface area (Å²) >= 11 is 0. The molecule has 0 saturated heterocycles. The van der Waals surface area contributed by atoms with Crippen LogP contribution in [0.4, 0.5) is 5.69 Å². The van der Waals surface area contributed by atoms with Gasteiger partial charge in [0.05, 0.1) is 0 Å². The largest absolute Gasteiger partial charge is 0.413 e. The van der Waals surface area contributed by atoms with Crippen LogP contribution in [0.2, 0.25) is 12.6 Å². The normalized spacial score (nSPS) is 16.2. The highest BCUT2D eigenvalue weighted by atomic mass is 15.1. The van der Waals surface area contributed by atoms with Crippen LogP contribution >= 0.6 is 0 Å². The second-order valence-corrected chi connectivity index (χ2v) is 9.20. The summed E-state index contributed by atoms with van der Waals surface area (Å²) in [6, 6.07) is 21.8. The van der Waals surface area contributed by atoms with Gasteiger partial charge in [0.15, 0.2) is 11.4 Å². The Kier molecular flexibility index (Phi) is 6.12. The van der Waals surface area contributed by atoms with E-state index in [1.54, 1.807) is 0 Å². The van der Waals surface area contributed by atoms with E-state index >= 15 is 0 Å². The zero-order valence-corrected chi connectivity index (χ0v) is 18.2. The van der Waals surface area contributed by atoms with Crippen LogP contribution < -0.4 is 5.32 Å². The minimum Gasteiger partial charge on any atom is -0.413 e. The molecule has 2 nitrogen and oxygen atoms in total. The Morgan fingerprint density at radius 1 is 0.821 bits per heavy atom. The summed E-state index contributed by atoms with van der Waals surface area (Å²) in [5.74, 6) is 0. The van der Waals surface area contributed by atoms with Crippen molar-refractivity contribution in [2.45, 2.75) is 65.6 Å². The minimum absolute atomic E-state index is 0.0365. The highest BCUT2D eigenvalue weighted by Gasteiger charge is 2.47. The molecular formula is C25H35BN2. The number of nitrogens with one attached hydrogen (secondary N) is 1. The molecule has 0 aliphatic carbocycles. The maximum atomic E-state index is 3.90. The van der Waals surface area contributed by atoms with Gasteiger partial charge in [-0.1, -0.05) is 68.7 Å². The van der Waals surface area contributed by atoms with E-state index in [0.717, 1.165) is 0 Å². The molecule has 1 aliphatic rings. The van der Waals surface area contributed by atoms with Crippen molar-refractivity contribution in [2.24, 2.45) is 0 Å². The number of rotatable bonds is 7. The van der Waals surface area contributed by atoms with Crippen molar-refractivity contribution in [1.29, 1.82) is 0 Å². The fourth-order valence-corrected chi connectivity index (χ4v) is 4.89. The van der Waals surface area contributed by atoms with E-state index in [-0.39, 0.29) is 5.54 Å². The molecule has 28 heavy (non-hydrogen) atoms. The fourth-order valence-electron chi connectivity index (χ4n) is 4.89. The fraction of sp³-hybridized carbons (Fsp3) is 0.400. The van der Waals surface area contributed by atoms with Gasteiger partial charge in [0.2, 0.25) is 0 Å². The standard InChI is InChI=1S/C25H35BN2/c1-6-18-26(19-7-2)24(27-25(3,4)5)20-23(21-14-10-8-11-15-21)28(26)22-16-12-9-13-17-22/h8-17,20,27H,6-7,18-19H2,1-5H3. The first-order valence-electron chi connectivity index (χ1n) is 10.9. The molecular weight excluding hydrogens is 339 g/mol. The molecule has 1 N–H and O–H groups in total. The number of hydrogen-bond donors (Lipinski definition) is 1. The van der Waals surface area contributed by atoms with Crippen LogP contribution in [0.15, 0.2) is 72.3 Å². The Balaban J connectivity index is 2.28. The van der Waals surface area contributed by atoms with E-state index in [9.17, 15) is 0 Å². The Labute approximate surface area is 171 Å². The van der Waals surface area contributed by atoms with Gasteiger partial charge in [-0.05, 0) is 39.0 Å². The number of benzene rings is 2. The number of hydrogen-bond acceptors (Lipinski definition) is 1. The Morgan fingerprint density at radius 3 is 1.86 bits per heavy atom. The van der Waals surface area contributed by atoms with Crippen LogP contribution in [0.3, 0.4) is 0 Å². The lowest BCUT2D eigenvalue weighted by atomic mass is 9.28. The molecule has 0 spiro atoms. The van der Waals surface area contributed by atoms with Gasteiger partial charge in [-0.2, -0.15) is 0 Å². The topological polar surface area (TPSA) is 15.0 Å². The third-order valence-corrected chi connectivity index (χ3v) is 5.78. The van der Waals surface area contributed by atoms with Crippen LogP contribution in [-0.2, 0) is 0 Å². The summed E-state index contributed by atoms with van der Waals surface area (Å²) in [4.78, 5) is 0. The summed E-state index contributed by atoms with van der Waals surface area (Å²) < 4.78 is 2.66. The monoisotopic (exact) mass is 374 g/mol. The molecule has 0 bridgehead atoms. The number of nitrogens with zero attached hydrogens (tertiary/aromatic N) is 1. The lowest BCUT2D eigenvalue weighted by molar-refractivity contribution is -0.294. The van der Waals surface area contributed by atoms with Gasteiger partial charge in [-0.15, -0.1) is 12.6 Å². The molecule has 0 saturated carbocycles. The van der Waals surface area contributed by atoms with Crippen molar-refractivity contribution in [3.05, 3.63) is 77.9 Å². The molecule has 148 valence electrons. The average Bonchev–Trinajstić information content (AvgIpc) is 2.96. The summed E-state index contributed by atoms with van der Waals surface area (Å²) in [5, 5.41) is 3.90. The van der Waals surface area contributed by atoms with Crippen molar-refractivity contribution >= 4 is 17.7 Å². The van der Waals surface area contributed by atoms with Gasteiger partial charge in [0.25, 0.3) is 0 Å². The molecule has 2 aromatic rings. The molecule has 1 heterocycles. The zero-order chi connectivity index (χ0) is 20.2. The third kappa shape index (κ3) is 4.09. The van der Waals surface area contributed by atoms with Gasteiger partial charge in [0.1, 0.15) is 0 Å². The zero-order valence-electron chi connectivity index (χ0n) is 18.2. The highest BCUT2D eigenvalue weighted by molar-refractivity contribution is 6.81. The van der Waals surface area contributed by atoms with E-state index in [4.69, 9.17) is 0 Å². The Bertz CT molecular complexity index is 839. The molecule has 3 rings (SSSR count). The molecule has 0 amide bonds. The molecule has 3 heteroatoms. The first kappa shape index (κ1) is 20.4. The van der Waals surface area contributed by atoms with Gasteiger partial charge in [0, 0.05) is 23.2 Å². The van der Waals surface area contributed by atoms with Crippen molar-refractivity contribution in [2.75, 3.05) is 0 Å². The lowest BCUT2D eigenvalue weighted by Gasteiger charge is -2.39. The van der Waals surface area contributed by atoms with E-state index in [1.807, 2.05) is 0 Å².